The summed E-state index contributed by atoms with van der Waals surface area (Å²) >= 11 is 0. The van der Waals surface area contributed by atoms with Crippen molar-refractivity contribution in [2.75, 3.05) is 20.1 Å². The van der Waals surface area contributed by atoms with E-state index in [0.717, 1.165) is 25.9 Å². The van der Waals surface area contributed by atoms with Crippen LogP contribution in [0.1, 0.15) is 23.2 Å². The molecule has 0 atom stereocenters. The molecule has 2 heterocycles. The third-order valence-electron chi connectivity index (χ3n) is 3.09. The molecule has 102 valence electrons. The van der Waals surface area contributed by atoms with E-state index in [-0.39, 0.29) is 30.7 Å². The van der Waals surface area contributed by atoms with Crippen LogP contribution in [-0.4, -0.2) is 42.0 Å². The van der Waals surface area contributed by atoms with Crippen molar-refractivity contribution in [2.45, 2.75) is 18.9 Å². The normalized spacial score (nSPS) is 15.2. The molecule has 0 saturated carbocycles. The molecule has 0 spiro atoms. The highest BCUT2D eigenvalue weighted by Crippen LogP contribution is 2.12. The van der Waals surface area contributed by atoms with Crippen LogP contribution in [0.15, 0.2) is 24.5 Å². The summed E-state index contributed by atoms with van der Waals surface area (Å²) in [5.41, 5.74) is 0.670. The highest BCUT2D eigenvalue weighted by molar-refractivity contribution is 5.93. The van der Waals surface area contributed by atoms with Crippen molar-refractivity contribution < 1.29 is 4.79 Å². The van der Waals surface area contributed by atoms with Crippen molar-refractivity contribution in [3.8, 4) is 0 Å². The average Bonchev–Trinajstić information content (AvgIpc) is 2.39. The summed E-state index contributed by atoms with van der Waals surface area (Å²) in [6.45, 7) is 1.99. The molecule has 18 heavy (non-hydrogen) atoms. The maximum Gasteiger partial charge on any atom is 0.255 e. The Balaban J connectivity index is 0.00000144. The third-order valence-corrected chi connectivity index (χ3v) is 3.09. The van der Waals surface area contributed by atoms with Gasteiger partial charge < -0.3 is 10.2 Å². The predicted octanol–water partition coefficient (Wildman–Crippen LogP) is 1.75. The Bertz CT molecular complexity index is 356. The van der Waals surface area contributed by atoms with Crippen LogP contribution in [0.3, 0.4) is 0 Å². The highest BCUT2D eigenvalue weighted by Gasteiger charge is 2.22. The number of carbonyl (C=O) groups excluding carboxylic acids is 1. The average molecular weight is 292 g/mol. The molecular formula is C12H19Cl2N3O. The molecule has 1 saturated heterocycles. The second-order valence-electron chi connectivity index (χ2n) is 4.14. The van der Waals surface area contributed by atoms with E-state index in [1.807, 2.05) is 18.0 Å². The number of hydrogen-bond acceptors (Lipinski definition) is 3. The summed E-state index contributed by atoms with van der Waals surface area (Å²) in [5.74, 6) is 0.0694. The van der Waals surface area contributed by atoms with Gasteiger partial charge in [-0.05, 0) is 38.1 Å². The minimum absolute atomic E-state index is 0. The van der Waals surface area contributed by atoms with Gasteiger partial charge in [0.25, 0.3) is 5.91 Å². The second kappa shape index (κ2) is 8.29. The van der Waals surface area contributed by atoms with Crippen molar-refractivity contribution in [3.63, 3.8) is 0 Å². The molecule has 0 aliphatic carbocycles. The zero-order chi connectivity index (χ0) is 11.4. The second-order valence-corrected chi connectivity index (χ2v) is 4.14. The Kier molecular flexibility index (Phi) is 7.91. The maximum atomic E-state index is 12.1. The van der Waals surface area contributed by atoms with Crippen LogP contribution >= 0.6 is 24.8 Å². The molecule has 0 aromatic carbocycles. The summed E-state index contributed by atoms with van der Waals surface area (Å²) in [6.07, 6.45) is 5.37. The number of nitrogens with zero attached hydrogens (tertiary/aromatic N) is 2. The van der Waals surface area contributed by atoms with Gasteiger partial charge in [-0.25, -0.2) is 0 Å². The quantitative estimate of drug-likeness (QED) is 0.903. The van der Waals surface area contributed by atoms with Crippen LogP contribution in [0.4, 0.5) is 0 Å². The van der Waals surface area contributed by atoms with Gasteiger partial charge in [-0.3, -0.25) is 9.78 Å². The lowest BCUT2D eigenvalue weighted by atomic mass is 10.0. The molecule has 1 aromatic heterocycles. The molecule has 4 nitrogen and oxygen atoms in total. The van der Waals surface area contributed by atoms with Gasteiger partial charge >= 0.3 is 0 Å². The first-order chi connectivity index (χ1) is 7.79. The van der Waals surface area contributed by atoms with E-state index in [4.69, 9.17) is 0 Å². The van der Waals surface area contributed by atoms with Crippen molar-refractivity contribution in [2.24, 2.45) is 0 Å². The van der Waals surface area contributed by atoms with Crippen LogP contribution in [-0.2, 0) is 0 Å². The van der Waals surface area contributed by atoms with Gasteiger partial charge in [-0.2, -0.15) is 0 Å². The van der Waals surface area contributed by atoms with E-state index < -0.39 is 0 Å². The molecule has 0 bridgehead atoms. The third kappa shape index (κ3) is 4.12. The molecular weight excluding hydrogens is 273 g/mol. The zero-order valence-corrected chi connectivity index (χ0v) is 12.0. The number of nitrogens with one attached hydrogen (secondary N) is 1. The van der Waals surface area contributed by atoms with Crippen LogP contribution in [0.2, 0.25) is 0 Å². The van der Waals surface area contributed by atoms with Crippen LogP contribution in [0, 0.1) is 0 Å². The number of rotatable bonds is 2. The van der Waals surface area contributed by atoms with Crippen LogP contribution < -0.4 is 5.32 Å². The van der Waals surface area contributed by atoms with Crippen LogP contribution in [0.5, 0.6) is 0 Å². The van der Waals surface area contributed by atoms with Gasteiger partial charge in [-0.1, -0.05) is 0 Å². The summed E-state index contributed by atoms with van der Waals surface area (Å²) in [7, 11) is 1.88. The van der Waals surface area contributed by atoms with Crippen molar-refractivity contribution >= 4 is 30.7 Å². The van der Waals surface area contributed by atoms with E-state index >= 15 is 0 Å². The molecule has 6 heteroatoms. The smallest absolute Gasteiger partial charge is 0.255 e. The Morgan fingerprint density at radius 2 is 2.06 bits per heavy atom. The lowest BCUT2D eigenvalue weighted by Gasteiger charge is -2.31. The zero-order valence-electron chi connectivity index (χ0n) is 10.3. The number of aromatic nitrogens is 1. The predicted molar refractivity (Wildman–Crippen MR) is 76.7 cm³/mol. The monoisotopic (exact) mass is 291 g/mol. The lowest BCUT2D eigenvalue weighted by Crippen LogP contribution is -2.43. The Morgan fingerprint density at radius 3 is 2.61 bits per heavy atom. The molecule has 2 rings (SSSR count). The summed E-state index contributed by atoms with van der Waals surface area (Å²) in [5, 5.41) is 3.30. The molecule has 1 fully saturated rings. The molecule has 1 aliphatic rings. The van der Waals surface area contributed by atoms with Gasteiger partial charge in [0.15, 0.2) is 0 Å². The highest BCUT2D eigenvalue weighted by atomic mass is 35.5. The van der Waals surface area contributed by atoms with E-state index in [2.05, 4.69) is 10.3 Å². The fraction of sp³-hybridized carbons (Fsp3) is 0.500. The fourth-order valence-electron chi connectivity index (χ4n) is 2.05. The van der Waals surface area contributed by atoms with Gasteiger partial charge in [0.2, 0.25) is 0 Å². The van der Waals surface area contributed by atoms with Crippen molar-refractivity contribution in [1.82, 2.24) is 15.2 Å². The van der Waals surface area contributed by atoms with Crippen molar-refractivity contribution in [3.05, 3.63) is 30.1 Å². The maximum absolute atomic E-state index is 12.1. The topological polar surface area (TPSA) is 45.2 Å². The number of halogens is 2. The van der Waals surface area contributed by atoms with Gasteiger partial charge in [0.1, 0.15) is 0 Å². The minimum Gasteiger partial charge on any atom is -0.339 e. The number of carbonyl (C=O) groups is 1. The molecule has 1 amide bonds. The minimum atomic E-state index is 0. The standard InChI is InChI=1S/C12H17N3O.2ClH/c1-15(11-4-7-13-8-5-11)12(16)10-3-2-6-14-9-10;;/h2-3,6,9,11,13H,4-5,7-8H2,1H3;2*1H. The fourth-order valence-corrected chi connectivity index (χ4v) is 2.05. The number of piperidine rings is 1. The number of pyridine rings is 1. The molecule has 0 unspecified atom stereocenters. The summed E-state index contributed by atoms with van der Waals surface area (Å²) in [6, 6.07) is 3.96. The molecule has 0 radical (unpaired) electrons. The summed E-state index contributed by atoms with van der Waals surface area (Å²) in [4.78, 5) is 17.9. The van der Waals surface area contributed by atoms with E-state index in [1.54, 1.807) is 18.5 Å². The Labute approximate surface area is 120 Å². The number of amides is 1. The molecule has 1 N–H and O–H groups in total. The largest absolute Gasteiger partial charge is 0.339 e. The van der Waals surface area contributed by atoms with E-state index in [1.165, 1.54) is 0 Å². The van der Waals surface area contributed by atoms with Gasteiger partial charge in [0.05, 0.1) is 5.56 Å². The number of hydrogen-bond donors (Lipinski definition) is 1. The molecule has 1 aliphatic heterocycles. The lowest BCUT2D eigenvalue weighted by molar-refractivity contribution is 0.0703. The van der Waals surface area contributed by atoms with E-state index in [9.17, 15) is 4.79 Å². The SMILES string of the molecule is CN(C(=O)c1cccnc1)C1CCNCC1.Cl.Cl. The summed E-state index contributed by atoms with van der Waals surface area (Å²) < 4.78 is 0. The first kappa shape index (κ1) is 17.2. The van der Waals surface area contributed by atoms with Crippen molar-refractivity contribution in [1.29, 1.82) is 0 Å². The Hall–Kier alpha value is -0.840. The van der Waals surface area contributed by atoms with Gasteiger partial charge in [0, 0.05) is 25.5 Å². The van der Waals surface area contributed by atoms with Gasteiger partial charge in [-0.15, -0.1) is 24.8 Å². The first-order valence-electron chi connectivity index (χ1n) is 5.67. The molecule has 1 aromatic rings. The van der Waals surface area contributed by atoms with Crippen LogP contribution in [0.25, 0.3) is 0 Å². The van der Waals surface area contributed by atoms with E-state index in [0.29, 0.717) is 11.6 Å². The Morgan fingerprint density at radius 1 is 1.39 bits per heavy atom. The first-order valence-corrected chi connectivity index (χ1v) is 5.67.